The topological polar surface area (TPSA) is 67.8 Å². The van der Waals surface area contributed by atoms with Crippen LogP contribution in [0.4, 0.5) is 0 Å². The van der Waals surface area contributed by atoms with Gasteiger partial charge in [0.1, 0.15) is 5.75 Å². The van der Waals surface area contributed by atoms with E-state index in [0.717, 1.165) is 23.4 Å². The third-order valence-corrected chi connectivity index (χ3v) is 5.16. The van der Waals surface area contributed by atoms with Crippen molar-refractivity contribution in [2.24, 2.45) is 10.9 Å². The number of nitrogens with one attached hydrogen (secondary N) is 1. The standard InChI is InChI=1S/C25H30N2O3/c1-16(2)15-26-24(29)18-8-6-17(7-9-18)23(28)13-22-21-12-20(30-5)11-10-19(21)14-25(3,4)27-22/h6-12,16H,13-15H2,1-5H3,(H,26,29). The second-order valence-electron chi connectivity index (χ2n) is 8.85. The van der Waals surface area contributed by atoms with Crippen LogP contribution in [-0.4, -0.2) is 36.6 Å². The second-order valence-corrected chi connectivity index (χ2v) is 8.85. The number of amides is 1. The zero-order valence-corrected chi connectivity index (χ0v) is 18.4. The van der Waals surface area contributed by atoms with Gasteiger partial charge in [-0.15, -0.1) is 0 Å². The molecule has 0 unspecified atom stereocenters. The lowest BCUT2D eigenvalue weighted by molar-refractivity contribution is 0.0946. The molecule has 0 saturated carbocycles. The zero-order valence-electron chi connectivity index (χ0n) is 18.4. The normalized spacial score (nSPS) is 14.7. The molecule has 5 nitrogen and oxygen atoms in total. The number of ketones is 1. The molecule has 0 spiro atoms. The van der Waals surface area contributed by atoms with E-state index in [-0.39, 0.29) is 23.7 Å². The molecule has 0 atom stereocenters. The third kappa shape index (κ3) is 5.15. The Morgan fingerprint density at radius 1 is 1.10 bits per heavy atom. The minimum atomic E-state index is -0.254. The average Bonchev–Trinajstić information content (AvgIpc) is 2.71. The Kier molecular flexibility index (Phi) is 6.40. The molecule has 0 bridgehead atoms. The predicted molar refractivity (Wildman–Crippen MR) is 120 cm³/mol. The van der Waals surface area contributed by atoms with Crippen LogP contribution in [0.5, 0.6) is 5.75 Å². The van der Waals surface area contributed by atoms with Crippen molar-refractivity contribution in [2.75, 3.05) is 13.7 Å². The van der Waals surface area contributed by atoms with Crippen LogP contribution in [0.25, 0.3) is 0 Å². The lowest BCUT2D eigenvalue weighted by atomic mass is 9.85. The van der Waals surface area contributed by atoms with Crippen LogP contribution in [0.1, 0.15) is 66.0 Å². The van der Waals surface area contributed by atoms with Gasteiger partial charge in [-0.1, -0.05) is 32.0 Å². The fourth-order valence-corrected chi connectivity index (χ4v) is 3.63. The highest BCUT2D eigenvalue weighted by molar-refractivity contribution is 6.17. The first kappa shape index (κ1) is 21.8. The first-order chi connectivity index (χ1) is 14.2. The van der Waals surface area contributed by atoms with Crippen LogP contribution >= 0.6 is 0 Å². The first-order valence-electron chi connectivity index (χ1n) is 10.4. The van der Waals surface area contributed by atoms with Gasteiger partial charge in [-0.05, 0) is 56.0 Å². The molecule has 0 radical (unpaired) electrons. The van der Waals surface area contributed by atoms with Crippen molar-refractivity contribution in [3.8, 4) is 5.75 Å². The van der Waals surface area contributed by atoms with Gasteiger partial charge in [-0.2, -0.15) is 0 Å². The van der Waals surface area contributed by atoms with Crippen LogP contribution in [0, 0.1) is 5.92 Å². The van der Waals surface area contributed by atoms with E-state index >= 15 is 0 Å². The van der Waals surface area contributed by atoms with Gasteiger partial charge in [0, 0.05) is 23.2 Å². The van der Waals surface area contributed by atoms with Crippen molar-refractivity contribution in [3.63, 3.8) is 0 Å². The number of aliphatic imine (C=N–C) groups is 1. The molecular weight excluding hydrogens is 376 g/mol. The summed E-state index contributed by atoms with van der Waals surface area (Å²) in [6.07, 6.45) is 1.03. The summed E-state index contributed by atoms with van der Waals surface area (Å²) in [6.45, 7) is 8.87. The summed E-state index contributed by atoms with van der Waals surface area (Å²) >= 11 is 0. The smallest absolute Gasteiger partial charge is 0.251 e. The second kappa shape index (κ2) is 8.82. The Morgan fingerprint density at radius 3 is 2.40 bits per heavy atom. The Labute approximate surface area is 178 Å². The molecule has 1 aliphatic heterocycles. The van der Waals surface area contributed by atoms with Gasteiger partial charge in [0.15, 0.2) is 5.78 Å². The fraction of sp³-hybridized carbons (Fsp3) is 0.400. The number of hydrogen-bond acceptors (Lipinski definition) is 4. The molecule has 3 rings (SSSR count). The van der Waals surface area contributed by atoms with E-state index in [9.17, 15) is 9.59 Å². The molecule has 1 aliphatic rings. The number of fused-ring (bicyclic) bond motifs is 1. The Bertz CT molecular complexity index is 972. The zero-order chi connectivity index (χ0) is 21.9. The fourth-order valence-electron chi connectivity index (χ4n) is 3.63. The van der Waals surface area contributed by atoms with Crippen molar-refractivity contribution in [1.29, 1.82) is 0 Å². The van der Waals surface area contributed by atoms with Crippen molar-refractivity contribution >= 4 is 17.4 Å². The van der Waals surface area contributed by atoms with Gasteiger partial charge in [0.2, 0.25) is 0 Å². The van der Waals surface area contributed by atoms with Crippen LogP contribution in [0.15, 0.2) is 47.5 Å². The summed E-state index contributed by atoms with van der Waals surface area (Å²) in [5, 5.41) is 2.89. The summed E-state index contributed by atoms with van der Waals surface area (Å²) < 4.78 is 5.36. The lowest BCUT2D eigenvalue weighted by Crippen LogP contribution is -2.30. The SMILES string of the molecule is COc1ccc2c(c1)C(CC(=O)c1ccc(C(=O)NCC(C)C)cc1)=NC(C)(C)C2. The van der Waals surface area contributed by atoms with E-state index in [1.807, 2.05) is 26.0 Å². The van der Waals surface area contributed by atoms with Crippen LogP contribution in [0.2, 0.25) is 0 Å². The van der Waals surface area contributed by atoms with Crippen LogP contribution < -0.4 is 10.1 Å². The average molecular weight is 407 g/mol. The van der Waals surface area contributed by atoms with Crippen molar-refractivity contribution in [1.82, 2.24) is 5.32 Å². The summed E-state index contributed by atoms with van der Waals surface area (Å²) in [6, 6.07) is 12.8. The molecule has 30 heavy (non-hydrogen) atoms. The monoisotopic (exact) mass is 406 g/mol. The number of carbonyl (C=O) groups excluding carboxylic acids is 2. The van der Waals surface area contributed by atoms with Gasteiger partial charge in [-0.25, -0.2) is 0 Å². The van der Waals surface area contributed by atoms with Gasteiger partial charge in [-0.3, -0.25) is 14.6 Å². The van der Waals surface area contributed by atoms with Gasteiger partial charge in [0.25, 0.3) is 5.91 Å². The predicted octanol–water partition coefficient (Wildman–Crippen LogP) is 4.48. The quantitative estimate of drug-likeness (QED) is 0.690. The van der Waals surface area contributed by atoms with Crippen molar-refractivity contribution < 1.29 is 14.3 Å². The Balaban J connectivity index is 1.78. The summed E-state index contributed by atoms with van der Waals surface area (Å²) in [5.74, 6) is 0.999. The van der Waals surface area contributed by atoms with Crippen molar-refractivity contribution in [3.05, 3.63) is 64.7 Å². The molecule has 1 N–H and O–H groups in total. The maximum absolute atomic E-state index is 13.0. The minimum absolute atomic E-state index is 0.0191. The molecule has 1 heterocycles. The highest BCUT2D eigenvalue weighted by Crippen LogP contribution is 2.31. The number of carbonyl (C=O) groups is 2. The lowest BCUT2D eigenvalue weighted by Gasteiger charge is -2.29. The largest absolute Gasteiger partial charge is 0.497 e. The van der Waals surface area contributed by atoms with Gasteiger partial charge < -0.3 is 10.1 Å². The van der Waals surface area contributed by atoms with Gasteiger partial charge in [0.05, 0.1) is 24.8 Å². The van der Waals surface area contributed by atoms with Crippen molar-refractivity contribution in [2.45, 2.75) is 46.1 Å². The molecule has 0 fully saturated rings. The number of Topliss-reactive ketones (excluding diaryl/α,β-unsaturated/α-hetero) is 1. The molecule has 5 heteroatoms. The molecule has 1 amide bonds. The van der Waals surface area contributed by atoms with E-state index in [1.165, 1.54) is 5.56 Å². The number of methoxy groups -OCH3 is 1. The first-order valence-corrected chi connectivity index (χ1v) is 10.4. The number of nitrogens with zero attached hydrogens (tertiary/aromatic N) is 1. The van der Waals surface area contributed by atoms with Crippen LogP contribution in [-0.2, 0) is 6.42 Å². The van der Waals surface area contributed by atoms with E-state index < -0.39 is 0 Å². The minimum Gasteiger partial charge on any atom is -0.497 e. The maximum Gasteiger partial charge on any atom is 0.251 e. The highest BCUT2D eigenvalue weighted by Gasteiger charge is 2.28. The molecule has 0 aromatic heterocycles. The summed E-state index contributed by atoms with van der Waals surface area (Å²) in [4.78, 5) is 30.0. The maximum atomic E-state index is 13.0. The molecular formula is C25H30N2O3. The highest BCUT2D eigenvalue weighted by atomic mass is 16.5. The van der Waals surface area contributed by atoms with E-state index in [0.29, 0.717) is 23.6 Å². The molecule has 0 aliphatic carbocycles. The van der Waals surface area contributed by atoms with E-state index in [4.69, 9.17) is 9.73 Å². The van der Waals surface area contributed by atoms with E-state index in [1.54, 1.807) is 31.4 Å². The molecule has 0 saturated heterocycles. The number of ether oxygens (including phenoxy) is 1. The third-order valence-electron chi connectivity index (χ3n) is 5.16. The van der Waals surface area contributed by atoms with E-state index in [2.05, 4.69) is 25.2 Å². The Morgan fingerprint density at radius 2 is 1.77 bits per heavy atom. The Hall–Kier alpha value is -2.95. The molecule has 2 aromatic carbocycles. The molecule has 2 aromatic rings. The summed E-state index contributed by atoms with van der Waals surface area (Å²) in [7, 11) is 1.63. The number of benzene rings is 2. The summed E-state index contributed by atoms with van der Waals surface area (Å²) in [5.41, 5.74) is 3.81. The number of hydrogen-bond donors (Lipinski definition) is 1. The number of rotatable bonds is 7. The molecule has 158 valence electrons. The van der Waals surface area contributed by atoms with Crippen LogP contribution in [0.3, 0.4) is 0 Å². The van der Waals surface area contributed by atoms with Gasteiger partial charge >= 0.3 is 0 Å².